The van der Waals surface area contributed by atoms with Crippen LogP contribution in [0.15, 0.2) is 22.7 Å². The molecule has 1 aromatic carbocycles. The zero-order chi connectivity index (χ0) is 15.5. The van der Waals surface area contributed by atoms with Crippen molar-refractivity contribution in [2.24, 2.45) is 0 Å². The Balaban J connectivity index is 2.79. The Bertz CT molecular complexity index is 427. The van der Waals surface area contributed by atoms with Crippen LogP contribution in [0.3, 0.4) is 0 Å². The van der Waals surface area contributed by atoms with Gasteiger partial charge in [-0.25, -0.2) is 0 Å². The second-order valence-electron chi connectivity index (χ2n) is 7.07. The largest absolute Gasteiger partial charge is 0.496 e. The van der Waals surface area contributed by atoms with Gasteiger partial charge in [0.25, 0.3) is 0 Å². The Labute approximate surface area is 134 Å². The van der Waals surface area contributed by atoms with E-state index in [-0.39, 0.29) is 5.41 Å². The smallest absolute Gasteiger partial charge is 0.132 e. The Morgan fingerprint density at radius 3 is 2.05 bits per heavy atom. The average molecular weight is 356 g/mol. The van der Waals surface area contributed by atoms with Crippen molar-refractivity contribution in [3.05, 3.63) is 28.2 Å². The molecule has 0 fully saturated rings. The van der Waals surface area contributed by atoms with Gasteiger partial charge in [0.2, 0.25) is 0 Å². The van der Waals surface area contributed by atoms with Crippen LogP contribution in [0, 0.1) is 0 Å². The molecule has 1 nitrogen and oxygen atoms in total. The van der Waals surface area contributed by atoms with Gasteiger partial charge in [-0.3, -0.25) is 0 Å². The van der Waals surface area contributed by atoms with Crippen LogP contribution in [0.25, 0.3) is 0 Å². The zero-order valence-corrected chi connectivity index (χ0v) is 16.5. The number of hydrogen-bond donors (Lipinski definition) is 0. The van der Waals surface area contributed by atoms with Gasteiger partial charge in [0, 0.05) is 0 Å². The van der Waals surface area contributed by atoms with Gasteiger partial charge in [-0.05, 0) is 50.1 Å². The first-order chi connectivity index (χ1) is 9.12. The molecule has 0 aliphatic heterocycles. The van der Waals surface area contributed by atoms with Gasteiger partial charge < -0.3 is 4.74 Å². The fourth-order valence-electron chi connectivity index (χ4n) is 2.25. The normalized spacial score (nSPS) is 12.6. The topological polar surface area (TPSA) is 9.23 Å². The highest BCUT2D eigenvalue weighted by Crippen LogP contribution is 2.32. The van der Waals surface area contributed by atoms with Gasteiger partial charge in [-0.2, -0.15) is 0 Å². The number of benzene rings is 1. The molecular formula is C17H28BrOSi. The molecule has 113 valence electrons. The predicted molar refractivity (Wildman–Crippen MR) is 94.3 cm³/mol. The molecule has 1 rings (SSSR count). The molecule has 0 unspecified atom stereocenters. The van der Waals surface area contributed by atoms with Gasteiger partial charge in [0.15, 0.2) is 0 Å². The third kappa shape index (κ3) is 4.92. The summed E-state index contributed by atoms with van der Waals surface area (Å²) < 4.78 is 7.16. The van der Waals surface area contributed by atoms with Crippen molar-refractivity contribution in [3.63, 3.8) is 0 Å². The van der Waals surface area contributed by atoms with Crippen molar-refractivity contribution in [2.75, 3.05) is 6.23 Å². The Morgan fingerprint density at radius 2 is 1.65 bits per heavy atom. The van der Waals surface area contributed by atoms with E-state index >= 15 is 0 Å². The van der Waals surface area contributed by atoms with Gasteiger partial charge >= 0.3 is 0 Å². The van der Waals surface area contributed by atoms with Crippen LogP contribution in [-0.2, 0) is 5.41 Å². The maximum absolute atomic E-state index is 6.09. The van der Waals surface area contributed by atoms with Crippen molar-refractivity contribution in [1.82, 2.24) is 0 Å². The summed E-state index contributed by atoms with van der Waals surface area (Å²) in [6.45, 7) is 15.9. The molecule has 0 saturated carbocycles. The fourth-order valence-corrected chi connectivity index (χ4v) is 5.06. The van der Waals surface area contributed by atoms with Crippen molar-refractivity contribution in [1.29, 1.82) is 0 Å². The van der Waals surface area contributed by atoms with Crippen molar-refractivity contribution in [2.45, 2.75) is 65.0 Å². The Morgan fingerprint density at radius 1 is 1.10 bits per heavy atom. The molecular weight excluding hydrogens is 328 g/mol. The first-order valence-corrected chi connectivity index (χ1v) is 10.1. The molecule has 0 aromatic heterocycles. The molecule has 0 bridgehead atoms. The highest BCUT2D eigenvalue weighted by Gasteiger charge is 2.21. The lowest BCUT2D eigenvalue weighted by Crippen LogP contribution is -2.29. The van der Waals surface area contributed by atoms with Crippen LogP contribution in [0.4, 0.5) is 0 Å². The minimum atomic E-state index is -0.474. The summed E-state index contributed by atoms with van der Waals surface area (Å²) in [4.78, 5) is 0. The molecule has 0 aliphatic carbocycles. The maximum Gasteiger partial charge on any atom is 0.132 e. The second kappa shape index (κ2) is 7.12. The summed E-state index contributed by atoms with van der Waals surface area (Å²) in [6.07, 6.45) is 0.882. The highest BCUT2D eigenvalue weighted by atomic mass is 79.9. The minimum absolute atomic E-state index is 0.172. The molecule has 0 heterocycles. The molecule has 0 atom stereocenters. The van der Waals surface area contributed by atoms with Crippen LogP contribution in [0.1, 0.15) is 54.0 Å². The molecule has 20 heavy (non-hydrogen) atoms. The third-order valence-electron chi connectivity index (χ3n) is 3.68. The summed E-state index contributed by atoms with van der Waals surface area (Å²) >= 11 is 3.65. The third-order valence-corrected chi connectivity index (χ3v) is 7.74. The highest BCUT2D eigenvalue weighted by molar-refractivity contribution is 9.10. The monoisotopic (exact) mass is 355 g/mol. The van der Waals surface area contributed by atoms with Gasteiger partial charge in [0.05, 0.1) is 10.7 Å². The number of halogens is 1. The average Bonchev–Trinajstić information content (AvgIpc) is 2.28. The first kappa shape index (κ1) is 17.8. The molecule has 0 spiro atoms. The van der Waals surface area contributed by atoms with E-state index in [4.69, 9.17) is 4.74 Å². The van der Waals surface area contributed by atoms with Crippen LogP contribution in [0.2, 0.25) is 11.1 Å². The van der Waals surface area contributed by atoms with E-state index in [0.29, 0.717) is 0 Å². The van der Waals surface area contributed by atoms with E-state index in [1.54, 1.807) is 0 Å². The van der Waals surface area contributed by atoms with E-state index in [1.807, 2.05) is 0 Å². The Kier molecular flexibility index (Phi) is 6.33. The van der Waals surface area contributed by atoms with Crippen molar-refractivity contribution >= 4 is 24.7 Å². The second-order valence-corrected chi connectivity index (χ2v) is 11.7. The van der Waals surface area contributed by atoms with E-state index in [9.17, 15) is 0 Å². The predicted octanol–water partition coefficient (Wildman–Crippen LogP) is 5.98. The fraction of sp³-hybridized carbons (Fsp3) is 0.647. The lowest BCUT2D eigenvalue weighted by molar-refractivity contribution is 0.374. The molecule has 0 aliphatic rings. The number of ether oxygens (including phenoxy) is 1. The van der Waals surface area contributed by atoms with Gasteiger partial charge in [0.1, 0.15) is 14.5 Å². The minimum Gasteiger partial charge on any atom is -0.496 e. The number of hydrogen-bond acceptors (Lipinski definition) is 1. The first-order valence-electron chi connectivity index (χ1n) is 7.41. The summed E-state index contributed by atoms with van der Waals surface area (Å²) in [5.41, 5.74) is 2.99. The molecule has 1 aromatic rings. The van der Waals surface area contributed by atoms with E-state index < -0.39 is 8.80 Å². The molecule has 0 N–H and O–H groups in total. The molecule has 0 saturated heterocycles. The summed E-state index contributed by atoms with van der Waals surface area (Å²) in [5.74, 6) is 0.974. The quantitative estimate of drug-likeness (QED) is 0.590. The van der Waals surface area contributed by atoms with Gasteiger partial charge in [-0.15, -0.1) is 0 Å². The Hall–Kier alpha value is -0.283. The van der Waals surface area contributed by atoms with Gasteiger partial charge in [-0.1, -0.05) is 54.5 Å². The van der Waals surface area contributed by atoms with E-state index in [0.717, 1.165) is 27.5 Å². The van der Waals surface area contributed by atoms with Crippen LogP contribution in [0.5, 0.6) is 5.75 Å². The van der Waals surface area contributed by atoms with Crippen molar-refractivity contribution in [3.8, 4) is 5.75 Å². The lowest BCUT2D eigenvalue weighted by Gasteiger charge is -2.24. The molecule has 3 heteroatoms. The zero-order valence-electron chi connectivity index (χ0n) is 13.9. The molecule has 1 radical (unpaired) electrons. The van der Waals surface area contributed by atoms with Crippen molar-refractivity contribution < 1.29 is 4.74 Å². The van der Waals surface area contributed by atoms with Crippen LogP contribution in [-0.4, -0.2) is 15.0 Å². The standard InChI is InChI=1S/C17H28BrOSi/c1-12(2)20(13(3)4)11-19-16-9-8-14(10-15(16)18)17(5,6)7/h8-10,12-13H,11H2,1-7H3. The van der Waals surface area contributed by atoms with E-state index in [1.165, 1.54) is 5.56 Å². The SMILES string of the molecule is CC(C)[Si](COc1ccc(C(C)(C)C)cc1Br)C(C)C. The van der Waals surface area contributed by atoms with Crippen LogP contribution < -0.4 is 4.74 Å². The maximum atomic E-state index is 6.09. The number of rotatable bonds is 5. The lowest BCUT2D eigenvalue weighted by atomic mass is 9.87. The molecule has 0 amide bonds. The van der Waals surface area contributed by atoms with E-state index in [2.05, 4.69) is 82.6 Å². The van der Waals surface area contributed by atoms with Crippen LogP contribution >= 0.6 is 15.9 Å². The summed E-state index contributed by atoms with van der Waals surface area (Å²) in [7, 11) is -0.474. The summed E-state index contributed by atoms with van der Waals surface area (Å²) in [5, 5.41) is 0. The summed E-state index contributed by atoms with van der Waals surface area (Å²) in [6, 6.07) is 6.47.